The highest BCUT2D eigenvalue weighted by atomic mass is 16.5. The minimum Gasteiger partial charge on any atom is -0.504 e. The fourth-order valence-electron chi connectivity index (χ4n) is 4.13. The number of phenols is 1. The zero-order valence-electron chi connectivity index (χ0n) is 18.4. The molecule has 7 heteroatoms. The highest BCUT2D eigenvalue weighted by Crippen LogP contribution is 2.55. The first kappa shape index (κ1) is 21.6. The van der Waals surface area contributed by atoms with E-state index in [9.17, 15) is 9.90 Å². The number of rotatable bonds is 5. The standard InChI is InChI=1S/C23H28O7/c1-11-8-13-9-16(26-3)21(28-5)22(29-6)17(13)18-14(19(25)12(11)2)10-15(24)20(27-4)23(18)30-7/h9-12,24H,8H2,1-7H3. The van der Waals surface area contributed by atoms with E-state index in [1.807, 2.05) is 19.9 Å². The van der Waals surface area contributed by atoms with Crippen LogP contribution in [0.4, 0.5) is 0 Å². The molecule has 0 saturated carbocycles. The van der Waals surface area contributed by atoms with Crippen molar-refractivity contribution in [3.05, 3.63) is 23.3 Å². The van der Waals surface area contributed by atoms with Gasteiger partial charge in [-0.3, -0.25) is 4.79 Å². The molecule has 2 aromatic rings. The number of fused-ring (bicyclic) bond motifs is 3. The van der Waals surface area contributed by atoms with E-state index in [1.165, 1.54) is 34.5 Å². The van der Waals surface area contributed by atoms with Crippen molar-refractivity contribution in [2.45, 2.75) is 20.3 Å². The number of Topliss-reactive ketones (excluding diaryl/α,β-unsaturated/α-hetero) is 1. The lowest BCUT2D eigenvalue weighted by Gasteiger charge is -2.29. The van der Waals surface area contributed by atoms with Crippen LogP contribution in [-0.4, -0.2) is 46.4 Å². The second-order valence-corrected chi connectivity index (χ2v) is 7.40. The third kappa shape index (κ3) is 3.18. The molecule has 2 aromatic carbocycles. The minimum atomic E-state index is -0.270. The topological polar surface area (TPSA) is 83.5 Å². The van der Waals surface area contributed by atoms with Gasteiger partial charge in [0.1, 0.15) is 0 Å². The SMILES string of the molecule is COc1cc2c(c(OC)c1OC)-c1c(cc(O)c(OC)c1OC)C(=O)C(C)C(C)C2. The monoisotopic (exact) mass is 416 g/mol. The first-order valence-corrected chi connectivity index (χ1v) is 9.68. The van der Waals surface area contributed by atoms with E-state index in [0.29, 0.717) is 40.4 Å². The van der Waals surface area contributed by atoms with Gasteiger partial charge in [0, 0.05) is 22.6 Å². The lowest BCUT2D eigenvalue weighted by molar-refractivity contribution is 0.0892. The molecule has 0 spiro atoms. The maximum atomic E-state index is 13.4. The van der Waals surface area contributed by atoms with E-state index in [4.69, 9.17) is 23.7 Å². The van der Waals surface area contributed by atoms with E-state index in [2.05, 4.69) is 0 Å². The Morgan fingerprint density at radius 2 is 1.37 bits per heavy atom. The van der Waals surface area contributed by atoms with Crippen molar-refractivity contribution in [3.8, 4) is 45.6 Å². The molecule has 30 heavy (non-hydrogen) atoms. The number of aromatic hydroxyl groups is 1. The summed E-state index contributed by atoms with van der Waals surface area (Å²) in [7, 11) is 7.54. The molecule has 0 saturated heterocycles. The van der Waals surface area contributed by atoms with Gasteiger partial charge in [-0.05, 0) is 30.0 Å². The third-order valence-electron chi connectivity index (χ3n) is 5.86. The first-order valence-electron chi connectivity index (χ1n) is 9.68. The van der Waals surface area contributed by atoms with Crippen LogP contribution in [0.15, 0.2) is 12.1 Å². The number of hydrogen-bond donors (Lipinski definition) is 1. The zero-order valence-corrected chi connectivity index (χ0v) is 18.4. The quantitative estimate of drug-likeness (QED) is 0.785. The van der Waals surface area contributed by atoms with Crippen LogP contribution in [0.5, 0.6) is 34.5 Å². The molecule has 0 fully saturated rings. The van der Waals surface area contributed by atoms with Crippen molar-refractivity contribution in [1.29, 1.82) is 0 Å². The number of carbonyl (C=O) groups excluding carboxylic acids is 1. The molecule has 1 aliphatic carbocycles. The van der Waals surface area contributed by atoms with Crippen molar-refractivity contribution in [2.75, 3.05) is 35.5 Å². The van der Waals surface area contributed by atoms with Crippen molar-refractivity contribution in [2.24, 2.45) is 11.8 Å². The van der Waals surface area contributed by atoms with Gasteiger partial charge in [-0.1, -0.05) is 13.8 Å². The molecule has 7 nitrogen and oxygen atoms in total. The number of hydrogen-bond acceptors (Lipinski definition) is 7. The van der Waals surface area contributed by atoms with Crippen LogP contribution in [0.1, 0.15) is 29.8 Å². The van der Waals surface area contributed by atoms with Gasteiger partial charge in [0.2, 0.25) is 11.5 Å². The van der Waals surface area contributed by atoms with Crippen LogP contribution in [0.2, 0.25) is 0 Å². The van der Waals surface area contributed by atoms with Gasteiger partial charge < -0.3 is 28.8 Å². The van der Waals surface area contributed by atoms with Gasteiger partial charge in [0.05, 0.1) is 35.5 Å². The van der Waals surface area contributed by atoms with E-state index < -0.39 is 0 Å². The Kier molecular flexibility index (Phi) is 6.01. The smallest absolute Gasteiger partial charge is 0.203 e. The Morgan fingerprint density at radius 3 is 1.90 bits per heavy atom. The molecule has 0 amide bonds. The fourth-order valence-corrected chi connectivity index (χ4v) is 4.13. The number of phenolic OH excluding ortho intramolecular Hbond substituents is 1. The molecule has 162 valence electrons. The summed E-state index contributed by atoms with van der Waals surface area (Å²) >= 11 is 0. The average molecular weight is 416 g/mol. The summed E-state index contributed by atoms with van der Waals surface area (Å²) in [5.41, 5.74) is 2.43. The Bertz CT molecular complexity index is 980. The van der Waals surface area contributed by atoms with Crippen LogP contribution in [0.3, 0.4) is 0 Å². The molecule has 2 atom stereocenters. The van der Waals surface area contributed by atoms with Gasteiger partial charge in [0.15, 0.2) is 28.8 Å². The molecular formula is C23H28O7. The predicted molar refractivity (Wildman–Crippen MR) is 113 cm³/mol. The van der Waals surface area contributed by atoms with Crippen molar-refractivity contribution >= 4 is 5.78 Å². The van der Waals surface area contributed by atoms with Crippen LogP contribution in [0.25, 0.3) is 11.1 Å². The van der Waals surface area contributed by atoms with E-state index in [-0.39, 0.29) is 34.9 Å². The summed E-state index contributed by atoms with van der Waals surface area (Å²) in [6.07, 6.45) is 0.616. The molecule has 0 heterocycles. The van der Waals surface area contributed by atoms with Gasteiger partial charge in [-0.2, -0.15) is 0 Å². The summed E-state index contributed by atoms with van der Waals surface area (Å²) in [6.45, 7) is 3.93. The van der Waals surface area contributed by atoms with Crippen molar-refractivity contribution in [1.82, 2.24) is 0 Å². The second kappa shape index (κ2) is 8.34. The molecule has 0 bridgehead atoms. The van der Waals surface area contributed by atoms with Gasteiger partial charge in [-0.25, -0.2) is 0 Å². The molecule has 2 unspecified atom stereocenters. The molecule has 1 N–H and O–H groups in total. The summed E-state index contributed by atoms with van der Waals surface area (Å²) in [5.74, 6) is 1.30. The number of benzene rings is 2. The Morgan fingerprint density at radius 1 is 0.800 bits per heavy atom. The minimum absolute atomic E-state index is 0.0439. The fraction of sp³-hybridized carbons (Fsp3) is 0.435. The van der Waals surface area contributed by atoms with E-state index in [0.717, 1.165) is 5.56 Å². The second-order valence-electron chi connectivity index (χ2n) is 7.40. The molecule has 1 aliphatic rings. The largest absolute Gasteiger partial charge is 0.504 e. The maximum absolute atomic E-state index is 13.4. The summed E-state index contributed by atoms with van der Waals surface area (Å²) < 4.78 is 27.9. The summed E-state index contributed by atoms with van der Waals surface area (Å²) in [4.78, 5) is 13.4. The molecule has 0 radical (unpaired) electrons. The number of ketones is 1. The Balaban J connectivity index is 2.57. The van der Waals surface area contributed by atoms with Crippen LogP contribution < -0.4 is 23.7 Å². The molecule has 0 aromatic heterocycles. The number of carbonyl (C=O) groups is 1. The van der Waals surface area contributed by atoms with Crippen molar-refractivity contribution in [3.63, 3.8) is 0 Å². The molecule has 3 rings (SSSR count). The number of ether oxygens (including phenoxy) is 5. The Hall–Kier alpha value is -3.09. The predicted octanol–water partition coefficient (Wildman–Crippen LogP) is 4.11. The lowest BCUT2D eigenvalue weighted by atomic mass is 9.77. The van der Waals surface area contributed by atoms with Crippen molar-refractivity contribution < 1.29 is 33.6 Å². The molecule has 0 aliphatic heterocycles. The van der Waals surface area contributed by atoms with Gasteiger partial charge in [0.25, 0.3) is 0 Å². The highest BCUT2D eigenvalue weighted by molar-refractivity contribution is 6.08. The van der Waals surface area contributed by atoms with Crippen LogP contribution >= 0.6 is 0 Å². The highest BCUT2D eigenvalue weighted by Gasteiger charge is 2.36. The van der Waals surface area contributed by atoms with Gasteiger partial charge >= 0.3 is 0 Å². The zero-order chi connectivity index (χ0) is 22.2. The Labute approximate surface area is 176 Å². The summed E-state index contributed by atoms with van der Waals surface area (Å²) in [5, 5.41) is 10.5. The lowest BCUT2D eigenvalue weighted by Crippen LogP contribution is -2.24. The van der Waals surface area contributed by atoms with E-state index >= 15 is 0 Å². The molecular weight excluding hydrogens is 388 g/mol. The average Bonchev–Trinajstić information content (AvgIpc) is 2.75. The summed E-state index contributed by atoms with van der Waals surface area (Å²) in [6, 6.07) is 3.34. The third-order valence-corrected chi connectivity index (χ3v) is 5.86. The van der Waals surface area contributed by atoms with Crippen LogP contribution in [0, 0.1) is 11.8 Å². The van der Waals surface area contributed by atoms with E-state index in [1.54, 1.807) is 7.11 Å². The van der Waals surface area contributed by atoms with Gasteiger partial charge in [-0.15, -0.1) is 0 Å². The normalized spacial score (nSPS) is 17.9. The first-order chi connectivity index (χ1) is 14.3. The van der Waals surface area contributed by atoms with Crippen LogP contribution in [-0.2, 0) is 6.42 Å². The maximum Gasteiger partial charge on any atom is 0.203 e. The number of methoxy groups -OCH3 is 5.